The predicted molar refractivity (Wildman–Crippen MR) is 64.0 cm³/mol. The van der Waals surface area contributed by atoms with E-state index in [0.717, 1.165) is 12.1 Å². The third-order valence-electron chi connectivity index (χ3n) is 2.60. The van der Waals surface area contributed by atoms with E-state index < -0.39 is 29.5 Å². The summed E-state index contributed by atoms with van der Waals surface area (Å²) in [5, 5.41) is 11.7. The number of nitrogens with one attached hydrogen (secondary N) is 1. The van der Waals surface area contributed by atoms with Crippen molar-refractivity contribution in [2.24, 2.45) is 5.92 Å². The maximum Gasteiger partial charge on any atom is 0.320 e. The molecular weight excluding hydrogens is 259 g/mol. The zero-order valence-corrected chi connectivity index (χ0v) is 10.7. The van der Waals surface area contributed by atoms with Crippen molar-refractivity contribution in [1.29, 1.82) is 0 Å². The molecule has 0 spiro atoms. The second-order valence-corrected chi connectivity index (χ2v) is 4.77. The topological polar surface area (TPSA) is 49.3 Å². The lowest BCUT2D eigenvalue weighted by Gasteiger charge is -2.16. The third-order valence-corrected chi connectivity index (χ3v) is 2.60. The molecule has 1 atom stereocenters. The lowest BCUT2D eigenvalue weighted by atomic mass is 10.0. The molecule has 0 radical (unpaired) electrons. The second-order valence-electron chi connectivity index (χ2n) is 4.77. The van der Waals surface area contributed by atoms with E-state index in [9.17, 15) is 18.0 Å². The van der Waals surface area contributed by atoms with Crippen LogP contribution in [0.5, 0.6) is 0 Å². The summed E-state index contributed by atoms with van der Waals surface area (Å²) in [6.07, 6.45) is 0.390. The van der Waals surface area contributed by atoms with E-state index in [1.807, 2.05) is 13.8 Å². The van der Waals surface area contributed by atoms with Crippen molar-refractivity contribution in [3.05, 3.63) is 35.1 Å². The van der Waals surface area contributed by atoms with Crippen molar-refractivity contribution in [2.45, 2.75) is 32.9 Å². The maximum absolute atomic E-state index is 13.0. The van der Waals surface area contributed by atoms with Gasteiger partial charge in [-0.25, -0.2) is 13.2 Å². The number of hydrogen-bond donors (Lipinski definition) is 2. The normalized spacial score (nSPS) is 12.7. The minimum absolute atomic E-state index is 0.0438. The molecule has 3 nitrogen and oxygen atoms in total. The highest BCUT2D eigenvalue weighted by Crippen LogP contribution is 2.14. The van der Waals surface area contributed by atoms with Gasteiger partial charge in [0.1, 0.15) is 6.04 Å². The number of aliphatic carboxylic acids is 1. The summed E-state index contributed by atoms with van der Waals surface area (Å²) in [5.41, 5.74) is 0.159. The Balaban J connectivity index is 2.72. The molecule has 19 heavy (non-hydrogen) atoms. The molecule has 0 heterocycles. The number of halogens is 3. The number of benzene rings is 1. The van der Waals surface area contributed by atoms with Crippen LogP contribution in [0.4, 0.5) is 13.2 Å². The highest BCUT2D eigenvalue weighted by Gasteiger charge is 2.18. The molecule has 1 rings (SSSR count). The molecule has 0 saturated heterocycles. The van der Waals surface area contributed by atoms with Gasteiger partial charge in [-0.05, 0) is 30.0 Å². The molecule has 1 aromatic rings. The lowest BCUT2D eigenvalue weighted by Crippen LogP contribution is -2.37. The van der Waals surface area contributed by atoms with Gasteiger partial charge in [-0.1, -0.05) is 13.8 Å². The fraction of sp³-hybridized carbons (Fsp3) is 0.462. The molecule has 0 unspecified atom stereocenters. The Bertz CT molecular complexity index is 440. The summed E-state index contributed by atoms with van der Waals surface area (Å²) in [4.78, 5) is 11.0. The summed E-state index contributed by atoms with van der Waals surface area (Å²) in [6.45, 7) is 3.70. The summed E-state index contributed by atoms with van der Waals surface area (Å²) in [5.74, 6) is -4.96. The van der Waals surface area contributed by atoms with E-state index in [1.165, 1.54) is 0 Å². The van der Waals surface area contributed by atoms with Crippen LogP contribution in [0.2, 0.25) is 0 Å². The van der Waals surface area contributed by atoms with Crippen LogP contribution in [-0.2, 0) is 11.3 Å². The van der Waals surface area contributed by atoms with Gasteiger partial charge < -0.3 is 10.4 Å². The maximum atomic E-state index is 13.0. The first-order chi connectivity index (χ1) is 8.81. The van der Waals surface area contributed by atoms with Gasteiger partial charge in [0, 0.05) is 6.54 Å². The third kappa shape index (κ3) is 4.55. The van der Waals surface area contributed by atoms with Crippen molar-refractivity contribution in [2.75, 3.05) is 0 Å². The molecule has 0 aliphatic carbocycles. The summed E-state index contributed by atoms with van der Waals surface area (Å²) in [7, 11) is 0. The standard InChI is InChI=1S/C13H16F3NO2/c1-7(2)3-11(13(18)19)17-6-8-4-9(14)12(16)10(15)5-8/h4-5,7,11,17H,3,6H2,1-2H3,(H,18,19)/t11-/m0/s1. The van der Waals surface area contributed by atoms with Crippen molar-refractivity contribution in [3.63, 3.8) is 0 Å². The van der Waals surface area contributed by atoms with E-state index >= 15 is 0 Å². The lowest BCUT2D eigenvalue weighted by molar-refractivity contribution is -0.140. The van der Waals surface area contributed by atoms with E-state index in [1.54, 1.807) is 0 Å². The zero-order chi connectivity index (χ0) is 14.6. The average molecular weight is 275 g/mol. The Hall–Kier alpha value is -1.56. The highest BCUT2D eigenvalue weighted by atomic mass is 19.2. The molecule has 0 fully saturated rings. The molecule has 6 heteroatoms. The minimum atomic E-state index is -1.53. The van der Waals surface area contributed by atoms with Crippen LogP contribution >= 0.6 is 0 Å². The number of carboxylic acids is 1. The van der Waals surface area contributed by atoms with E-state index in [4.69, 9.17) is 5.11 Å². The number of rotatable bonds is 6. The van der Waals surface area contributed by atoms with E-state index in [2.05, 4.69) is 5.32 Å². The average Bonchev–Trinajstić information content (AvgIpc) is 2.30. The van der Waals surface area contributed by atoms with E-state index in [-0.39, 0.29) is 18.0 Å². The van der Waals surface area contributed by atoms with Crippen molar-refractivity contribution in [1.82, 2.24) is 5.32 Å². The smallest absolute Gasteiger partial charge is 0.320 e. The highest BCUT2D eigenvalue weighted by molar-refractivity contribution is 5.73. The molecule has 0 aliphatic rings. The van der Waals surface area contributed by atoms with Gasteiger partial charge in [-0.3, -0.25) is 4.79 Å². The van der Waals surface area contributed by atoms with Gasteiger partial charge in [0.15, 0.2) is 17.5 Å². The molecule has 106 valence electrons. The monoisotopic (exact) mass is 275 g/mol. The first-order valence-corrected chi connectivity index (χ1v) is 5.91. The Labute approximate surface area is 109 Å². The van der Waals surface area contributed by atoms with Gasteiger partial charge in [0.2, 0.25) is 0 Å². The number of carbonyl (C=O) groups is 1. The van der Waals surface area contributed by atoms with Gasteiger partial charge in [-0.2, -0.15) is 0 Å². The molecule has 0 bridgehead atoms. The van der Waals surface area contributed by atoms with Crippen LogP contribution in [0.25, 0.3) is 0 Å². The van der Waals surface area contributed by atoms with Crippen LogP contribution in [0.15, 0.2) is 12.1 Å². The molecule has 0 amide bonds. The Morgan fingerprint density at radius 2 is 1.79 bits per heavy atom. The molecule has 0 aliphatic heterocycles. The van der Waals surface area contributed by atoms with E-state index in [0.29, 0.717) is 6.42 Å². The van der Waals surface area contributed by atoms with Crippen LogP contribution < -0.4 is 5.32 Å². The second kappa shape index (κ2) is 6.56. The fourth-order valence-electron chi connectivity index (χ4n) is 1.69. The van der Waals surface area contributed by atoms with Crippen molar-refractivity contribution < 1.29 is 23.1 Å². The Morgan fingerprint density at radius 3 is 2.21 bits per heavy atom. The molecule has 1 aromatic carbocycles. The van der Waals surface area contributed by atoms with Gasteiger partial charge in [-0.15, -0.1) is 0 Å². The quantitative estimate of drug-likeness (QED) is 0.785. The largest absolute Gasteiger partial charge is 0.480 e. The molecule has 2 N–H and O–H groups in total. The molecule has 0 saturated carbocycles. The van der Waals surface area contributed by atoms with Crippen molar-refractivity contribution >= 4 is 5.97 Å². The van der Waals surface area contributed by atoms with Gasteiger partial charge in [0.05, 0.1) is 0 Å². The SMILES string of the molecule is CC(C)C[C@H](NCc1cc(F)c(F)c(F)c1)C(=O)O. The van der Waals surface area contributed by atoms with Gasteiger partial charge >= 0.3 is 5.97 Å². The fourth-order valence-corrected chi connectivity index (χ4v) is 1.69. The first kappa shape index (κ1) is 15.5. The van der Waals surface area contributed by atoms with Crippen LogP contribution in [0.1, 0.15) is 25.8 Å². The van der Waals surface area contributed by atoms with Gasteiger partial charge in [0.25, 0.3) is 0 Å². The first-order valence-electron chi connectivity index (χ1n) is 5.91. The zero-order valence-electron chi connectivity index (χ0n) is 10.7. The Morgan fingerprint density at radius 1 is 1.26 bits per heavy atom. The summed E-state index contributed by atoms with van der Waals surface area (Å²) < 4.78 is 38.7. The predicted octanol–water partition coefficient (Wildman–Crippen LogP) is 2.69. The number of carboxylic acid groups (broad SMARTS) is 1. The van der Waals surface area contributed by atoms with Crippen LogP contribution in [0.3, 0.4) is 0 Å². The molecular formula is C13H16F3NO2. The summed E-state index contributed by atoms with van der Waals surface area (Å²) >= 11 is 0. The van der Waals surface area contributed by atoms with Crippen molar-refractivity contribution in [3.8, 4) is 0 Å². The summed E-state index contributed by atoms with van der Waals surface area (Å²) in [6, 6.07) is 0.885. The van der Waals surface area contributed by atoms with Crippen LogP contribution in [-0.4, -0.2) is 17.1 Å². The van der Waals surface area contributed by atoms with Crippen LogP contribution in [0, 0.1) is 23.4 Å². The Kier molecular flexibility index (Phi) is 5.35. The minimum Gasteiger partial charge on any atom is -0.480 e. The molecule has 0 aromatic heterocycles. The number of hydrogen-bond acceptors (Lipinski definition) is 2.